The Morgan fingerprint density at radius 1 is 0.923 bits per heavy atom. The number of nitrogens with one attached hydrogen (secondary N) is 1. The maximum Gasteiger partial charge on any atom is 0.269 e. The molecule has 0 spiro atoms. The first-order valence-electron chi connectivity index (χ1n) is 12.6. The highest BCUT2D eigenvalue weighted by molar-refractivity contribution is 9.10. The van der Waals surface area contributed by atoms with Crippen LogP contribution in [-0.4, -0.2) is 54.0 Å². The molecule has 1 unspecified atom stereocenters. The second-order valence-corrected chi connectivity index (χ2v) is 12.4. The predicted molar refractivity (Wildman–Crippen MR) is 151 cm³/mol. The van der Waals surface area contributed by atoms with E-state index < -0.39 is 27.9 Å². The molecule has 3 aromatic carbocycles. The molecule has 0 aliphatic carbocycles. The van der Waals surface area contributed by atoms with Crippen LogP contribution in [0.3, 0.4) is 0 Å². The van der Waals surface area contributed by atoms with E-state index in [2.05, 4.69) is 21.2 Å². The van der Waals surface area contributed by atoms with Crippen molar-refractivity contribution in [3.8, 4) is 0 Å². The van der Waals surface area contributed by atoms with Crippen molar-refractivity contribution in [2.75, 3.05) is 6.54 Å². The van der Waals surface area contributed by atoms with E-state index in [1.54, 1.807) is 12.1 Å². The van der Waals surface area contributed by atoms with E-state index in [4.69, 9.17) is 0 Å². The van der Waals surface area contributed by atoms with E-state index in [-0.39, 0.29) is 48.3 Å². The standard InChI is InChI=1S/C29H30BrN3O5S/c1-20(2)31-28(35)25(18-21-8-4-3-5-9-21)32(19-22-12-14-23(30)15-13-22)27(34)16-17-33-29(36)24-10-6-7-11-26(24)39(33,37)38/h3-15,20,25H,16-19H2,1-2H3,(H,31,35). The molecule has 0 saturated carbocycles. The lowest BCUT2D eigenvalue weighted by Crippen LogP contribution is -2.52. The Morgan fingerprint density at radius 3 is 2.21 bits per heavy atom. The Labute approximate surface area is 237 Å². The highest BCUT2D eigenvalue weighted by Gasteiger charge is 2.41. The molecular formula is C29H30BrN3O5S. The number of fused-ring (bicyclic) bond motifs is 1. The summed E-state index contributed by atoms with van der Waals surface area (Å²) in [6.07, 6.45) is 0.00375. The zero-order valence-corrected chi connectivity index (χ0v) is 24.1. The zero-order chi connectivity index (χ0) is 28.2. The monoisotopic (exact) mass is 611 g/mol. The molecule has 3 amide bonds. The molecule has 39 heavy (non-hydrogen) atoms. The van der Waals surface area contributed by atoms with Crippen molar-refractivity contribution in [1.29, 1.82) is 0 Å². The smallest absolute Gasteiger partial charge is 0.269 e. The largest absolute Gasteiger partial charge is 0.352 e. The number of hydrogen-bond donors (Lipinski definition) is 1. The van der Waals surface area contributed by atoms with Crippen LogP contribution in [0.2, 0.25) is 0 Å². The van der Waals surface area contributed by atoms with Gasteiger partial charge in [-0.25, -0.2) is 12.7 Å². The van der Waals surface area contributed by atoms with Crippen LogP contribution in [0.15, 0.2) is 88.2 Å². The van der Waals surface area contributed by atoms with Gasteiger partial charge in [0.2, 0.25) is 11.8 Å². The maximum atomic E-state index is 13.8. The van der Waals surface area contributed by atoms with Gasteiger partial charge in [0.15, 0.2) is 0 Å². The van der Waals surface area contributed by atoms with Gasteiger partial charge in [-0.1, -0.05) is 70.5 Å². The van der Waals surface area contributed by atoms with Crippen molar-refractivity contribution in [2.24, 2.45) is 0 Å². The van der Waals surface area contributed by atoms with Gasteiger partial charge in [-0.15, -0.1) is 0 Å². The van der Waals surface area contributed by atoms with Crippen molar-refractivity contribution < 1.29 is 22.8 Å². The van der Waals surface area contributed by atoms with Gasteiger partial charge in [-0.2, -0.15) is 0 Å². The van der Waals surface area contributed by atoms with E-state index >= 15 is 0 Å². The summed E-state index contributed by atoms with van der Waals surface area (Å²) in [6, 6.07) is 21.8. The van der Waals surface area contributed by atoms with E-state index in [0.717, 1.165) is 19.9 Å². The number of hydrogen-bond acceptors (Lipinski definition) is 5. The van der Waals surface area contributed by atoms with Gasteiger partial charge in [0.25, 0.3) is 15.9 Å². The Morgan fingerprint density at radius 2 is 1.56 bits per heavy atom. The minimum Gasteiger partial charge on any atom is -0.352 e. The highest BCUT2D eigenvalue weighted by atomic mass is 79.9. The molecule has 8 nitrogen and oxygen atoms in total. The lowest BCUT2D eigenvalue weighted by molar-refractivity contribution is -0.141. The summed E-state index contributed by atoms with van der Waals surface area (Å²) >= 11 is 3.42. The van der Waals surface area contributed by atoms with Crippen molar-refractivity contribution in [3.05, 3.63) is 100 Å². The number of sulfonamides is 1. The average molecular weight is 613 g/mol. The first kappa shape index (κ1) is 28.5. The minimum absolute atomic E-state index is 0.0626. The second-order valence-electron chi connectivity index (χ2n) is 9.65. The number of benzene rings is 3. The van der Waals surface area contributed by atoms with Gasteiger partial charge >= 0.3 is 0 Å². The first-order valence-corrected chi connectivity index (χ1v) is 14.9. The van der Waals surface area contributed by atoms with Crippen molar-refractivity contribution in [1.82, 2.24) is 14.5 Å². The van der Waals surface area contributed by atoms with Crippen LogP contribution in [0.25, 0.3) is 0 Å². The third-order valence-corrected chi connectivity index (χ3v) is 8.78. The highest BCUT2D eigenvalue weighted by Crippen LogP contribution is 2.30. The SMILES string of the molecule is CC(C)NC(=O)C(Cc1ccccc1)N(Cc1ccc(Br)cc1)C(=O)CCN1C(=O)c2ccccc2S1(=O)=O. The summed E-state index contributed by atoms with van der Waals surface area (Å²) in [5, 5.41) is 2.92. The molecule has 0 fully saturated rings. The Bertz CT molecular complexity index is 1460. The average Bonchev–Trinajstić information content (AvgIpc) is 3.10. The van der Waals surface area contributed by atoms with Crippen LogP contribution in [-0.2, 0) is 32.6 Å². The molecule has 204 valence electrons. The third-order valence-electron chi connectivity index (χ3n) is 6.41. The number of rotatable bonds is 10. The van der Waals surface area contributed by atoms with Gasteiger partial charge in [0.05, 0.1) is 5.56 Å². The maximum absolute atomic E-state index is 13.8. The van der Waals surface area contributed by atoms with Crippen LogP contribution < -0.4 is 5.32 Å². The van der Waals surface area contributed by atoms with Crippen LogP contribution in [0.1, 0.15) is 41.8 Å². The Hall–Kier alpha value is -3.50. The quantitative estimate of drug-likeness (QED) is 0.371. The first-order chi connectivity index (χ1) is 18.6. The van der Waals surface area contributed by atoms with Gasteiger partial charge in [-0.3, -0.25) is 14.4 Å². The summed E-state index contributed by atoms with van der Waals surface area (Å²) in [5.74, 6) is -1.40. The summed E-state index contributed by atoms with van der Waals surface area (Å²) in [7, 11) is -4.05. The van der Waals surface area contributed by atoms with Crippen molar-refractivity contribution >= 4 is 43.7 Å². The molecular weight excluding hydrogens is 582 g/mol. The third kappa shape index (κ3) is 6.57. The topological polar surface area (TPSA) is 104 Å². The molecule has 1 aliphatic heterocycles. The van der Waals surface area contributed by atoms with E-state index in [1.165, 1.54) is 17.0 Å². The van der Waals surface area contributed by atoms with Crippen LogP contribution in [0.4, 0.5) is 0 Å². The molecule has 0 aromatic heterocycles. The van der Waals surface area contributed by atoms with E-state index in [0.29, 0.717) is 0 Å². The number of carbonyl (C=O) groups excluding carboxylic acids is 3. The minimum atomic E-state index is -4.05. The summed E-state index contributed by atoms with van der Waals surface area (Å²) in [5.41, 5.74) is 1.77. The normalized spacial score (nSPS) is 14.7. The van der Waals surface area contributed by atoms with Crippen molar-refractivity contribution in [2.45, 2.75) is 50.2 Å². The lowest BCUT2D eigenvalue weighted by Gasteiger charge is -2.32. The van der Waals surface area contributed by atoms with Crippen LogP contribution in [0.5, 0.6) is 0 Å². The summed E-state index contributed by atoms with van der Waals surface area (Å²) < 4.78 is 27.7. The fourth-order valence-electron chi connectivity index (χ4n) is 4.51. The lowest BCUT2D eigenvalue weighted by atomic mass is 10.0. The number of nitrogens with zero attached hydrogens (tertiary/aromatic N) is 2. The van der Waals surface area contributed by atoms with Crippen LogP contribution >= 0.6 is 15.9 Å². The molecule has 1 heterocycles. The summed E-state index contributed by atoms with van der Waals surface area (Å²) in [6.45, 7) is 3.51. The number of amides is 3. The molecule has 1 N–H and O–H groups in total. The molecule has 0 saturated heterocycles. The van der Waals surface area contributed by atoms with E-state index in [1.807, 2.05) is 68.4 Å². The van der Waals surface area contributed by atoms with Gasteiger partial charge in [0.1, 0.15) is 10.9 Å². The van der Waals surface area contributed by atoms with E-state index in [9.17, 15) is 22.8 Å². The predicted octanol–water partition coefficient (Wildman–Crippen LogP) is 4.15. The zero-order valence-electron chi connectivity index (χ0n) is 21.7. The Kier molecular flexibility index (Phi) is 8.87. The fraction of sp³-hybridized carbons (Fsp3) is 0.276. The number of carbonyl (C=O) groups is 3. The molecule has 3 aromatic rings. The van der Waals surface area contributed by atoms with Crippen LogP contribution in [0, 0.1) is 0 Å². The van der Waals surface area contributed by atoms with Gasteiger partial charge in [0, 0.05) is 36.4 Å². The molecule has 1 aliphatic rings. The molecule has 1 atom stereocenters. The molecule has 0 bridgehead atoms. The second kappa shape index (κ2) is 12.1. The van der Waals surface area contributed by atoms with Gasteiger partial charge < -0.3 is 10.2 Å². The molecule has 4 rings (SSSR count). The molecule has 0 radical (unpaired) electrons. The number of halogens is 1. The van der Waals surface area contributed by atoms with Crippen molar-refractivity contribution in [3.63, 3.8) is 0 Å². The van der Waals surface area contributed by atoms with Gasteiger partial charge in [-0.05, 0) is 49.2 Å². The molecule has 10 heteroatoms. The fourth-order valence-corrected chi connectivity index (χ4v) is 6.35. The Balaban J connectivity index is 1.63. The summed E-state index contributed by atoms with van der Waals surface area (Å²) in [4.78, 5) is 41.5.